The lowest BCUT2D eigenvalue weighted by molar-refractivity contribution is 0.527. The van der Waals surface area contributed by atoms with Crippen molar-refractivity contribution in [2.24, 2.45) is 0 Å². The minimum absolute atomic E-state index is 0.320. The summed E-state index contributed by atoms with van der Waals surface area (Å²) < 4.78 is 11.0. The smallest absolute Gasteiger partial charge is 0.0969 e. The Morgan fingerprint density at radius 2 is 2.10 bits per heavy atom. The summed E-state index contributed by atoms with van der Waals surface area (Å²) in [4.78, 5) is 1.63. The zero-order valence-electron chi connectivity index (χ0n) is 11.8. The van der Waals surface area contributed by atoms with E-state index >= 15 is 0 Å². The Balaban J connectivity index is 1.86. The molecule has 0 fully saturated rings. The molecule has 6 heteroatoms. The molecule has 0 saturated heterocycles. The summed E-state index contributed by atoms with van der Waals surface area (Å²) in [5, 5.41) is 12.1. The van der Waals surface area contributed by atoms with E-state index in [1.807, 2.05) is 30.3 Å². The lowest BCUT2D eigenvalue weighted by atomic mass is 10.2. The second-order valence-electron chi connectivity index (χ2n) is 4.81. The lowest BCUT2D eigenvalue weighted by Crippen LogP contribution is -2.27. The number of benzene rings is 1. The van der Waals surface area contributed by atoms with Gasteiger partial charge in [0.05, 0.1) is 17.6 Å². The summed E-state index contributed by atoms with van der Waals surface area (Å²) in [5.41, 5.74) is 1.85. The molecule has 1 aromatic heterocycles. The molecule has 108 valence electrons. The Hall–Kier alpha value is -1.53. The van der Waals surface area contributed by atoms with E-state index in [9.17, 15) is 4.21 Å². The number of hydrogen-bond acceptors (Lipinski definition) is 4. The largest absolute Gasteiger partial charge is 0.309 e. The molecule has 1 aromatic carbocycles. The molecule has 1 N–H and O–H groups in total. The van der Waals surface area contributed by atoms with Crippen molar-refractivity contribution in [3.05, 3.63) is 42.2 Å². The Bertz CT molecular complexity index is 555. The number of hydrogen-bond donors (Lipinski definition) is 1. The minimum atomic E-state index is -0.727. The first-order chi connectivity index (χ1) is 9.65. The molecule has 0 radical (unpaired) electrons. The highest BCUT2D eigenvalue weighted by Gasteiger charge is 2.06. The van der Waals surface area contributed by atoms with Gasteiger partial charge in [0.2, 0.25) is 0 Å². The van der Waals surface area contributed by atoms with Crippen LogP contribution in [0.5, 0.6) is 0 Å². The Morgan fingerprint density at radius 3 is 2.80 bits per heavy atom. The van der Waals surface area contributed by atoms with E-state index in [1.54, 1.807) is 17.2 Å². The predicted molar refractivity (Wildman–Crippen MR) is 81.2 cm³/mol. The molecule has 2 atom stereocenters. The van der Waals surface area contributed by atoms with Crippen molar-refractivity contribution < 1.29 is 4.21 Å². The highest BCUT2D eigenvalue weighted by atomic mass is 32.2. The van der Waals surface area contributed by atoms with Crippen LogP contribution in [0.25, 0.3) is 5.69 Å². The molecule has 0 aliphatic carbocycles. The second kappa shape index (κ2) is 7.31. The topological polar surface area (TPSA) is 59.8 Å². The van der Waals surface area contributed by atoms with Gasteiger partial charge < -0.3 is 5.32 Å². The fourth-order valence-corrected chi connectivity index (χ4v) is 2.47. The summed E-state index contributed by atoms with van der Waals surface area (Å²) in [7, 11) is -0.727. The standard InChI is InChI=1S/C14H20N4OS/c1-12(8-9-20(2)19)15-10-13-11-16-18(17-13)14-6-4-3-5-7-14/h3-7,11-12,15H,8-10H2,1-2H3. The van der Waals surface area contributed by atoms with E-state index < -0.39 is 10.8 Å². The van der Waals surface area contributed by atoms with Gasteiger partial charge in [0.15, 0.2) is 0 Å². The van der Waals surface area contributed by atoms with Gasteiger partial charge in [-0.25, -0.2) is 0 Å². The molecule has 1 heterocycles. The molecule has 2 aromatic rings. The van der Waals surface area contributed by atoms with Crippen molar-refractivity contribution in [3.63, 3.8) is 0 Å². The van der Waals surface area contributed by atoms with E-state index in [2.05, 4.69) is 22.4 Å². The van der Waals surface area contributed by atoms with Crippen LogP contribution in [-0.4, -0.2) is 37.3 Å². The number of aromatic nitrogens is 3. The highest BCUT2D eigenvalue weighted by Crippen LogP contribution is 2.04. The van der Waals surface area contributed by atoms with Crippen molar-refractivity contribution in [1.29, 1.82) is 0 Å². The molecule has 0 aliphatic rings. The monoisotopic (exact) mass is 292 g/mol. The molecule has 0 saturated carbocycles. The third kappa shape index (κ3) is 4.54. The normalized spacial score (nSPS) is 14.1. The van der Waals surface area contributed by atoms with E-state index in [0.717, 1.165) is 23.6 Å². The second-order valence-corrected chi connectivity index (χ2v) is 6.36. The first-order valence-corrected chi connectivity index (χ1v) is 8.38. The van der Waals surface area contributed by atoms with Crippen molar-refractivity contribution in [2.75, 3.05) is 12.0 Å². The third-order valence-corrected chi connectivity index (χ3v) is 3.81. The SMILES string of the molecule is CC(CCS(C)=O)NCc1cnn(-c2ccccc2)n1. The maximum absolute atomic E-state index is 11.0. The molecular weight excluding hydrogens is 272 g/mol. The van der Waals surface area contributed by atoms with E-state index in [-0.39, 0.29) is 0 Å². The summed E-state index contributed by atoms with van der Waals surface area (Å²) >= 11 is 0. The Morgan fingerprint density at radius 1 is 1.35 bits per heavy atom. The summed E-state index contributed by atoms with van der Waals surface area (Å²) in [6.45, 7) is 2.76. The molecule has 0 spiro atoms. The first-order valence-electron chi connectivity index (χ1n) is 6.65. The van der Waals surface area contributed by atoms with Crippen LogP contribution in [-0.2, 0) is 17.3 Å². The van der Waals surface area contributed by atoms with Crippen LogP contribution < -0.4 is 5.32 Å². The van der Waals surface area contributed by atoms with Crippen molar-refractivity contribution in [3.8, 4) is 5.69 Å². The number of nitrogens with zero attached hydrogens (tertiary/aromatic N) is 3. The molecule has 2 unspecified atom stereocenters. The Kier molecular flexibility index (Phi) is 5.43. The maximum Gasteiger partial charge on any atom is 0.0969 e. The molecule has 2 rings (SSSR count). The molecule has 0 bridgehead atoms. The third-order valence-electron chi connectivity index (χ3n) is 3.00. The van der Waals surface area contributed by atoms with Crippen LogP contribution in [0.15, 0.2) is 36.5 Å². The van der Waals surface area contributed by atoms with Crippen LogP contribution in [0.1, 0.15) is 19.0 Å². The van der Waals surface area contributed by atoms with Gasteiger partial charge >= 0.3 is 0 Å². The number of nitrogens with one attached hydrogen (secondary N) is 1. The van der Waals surface area contributed by atoms with Crippen LogP contribution in [0.2, 0.25) is 0 Å². The Labute approximate surface area is 121 Å². The van der Waals surface area contributed by atoms with Crippen molar-refractivity contribution in [2.45, 2.75) is 25.9 Å². The average molecular weight is 292 g/mol. The predicted octanol–water partition coefficient (Wildman–Crippen LogP) is 1.51. The first kappa shape index (κ1) is 14.9. The van der Waals surface area contributed by atoms with E-state index in [4.69, 9.17) is 0 Å². The van der Waals surface area contributed by atoms with Gasteiger partial charge in [-0.1, -0.05) is 18.2 Å². The van der Waals surface area contributed by atoms with Gasteiger partial charge in [0.25, 0.3) is 0 Å². The number of para-hydroxylation sites is 1. The molecule has 0 aliphatic heterocycles. The van der Waals surface area contributed by atoms with Crippen molar-refractivity contribution >= 4 is 10.8 Å². The van der Waals surface area contributed by atoms with Crippen LogP contribution in [0.3, 0.4) is 0 Å². The van der Waals surface area contributed by atoms with Gasteiger partial charge in [0, 0.05) is 35.4 Å². The fourth-order valence-electron chi connectivity index (χ4n) is 1.78. The van der Waals surface area contributed by atoms with Crippen LogP contribution in [0, 0.1) is 0 Å². The summed E-state index contributed by atoms with van der Waals surface area (Å²) in [6.07, 6.45) is 4.40. The van der Waals surface area contributed by atoms with Gasteiger partial charge in [-0.2, -0.15) is 15.0 Å². The van der Waals surface area contributed by atoms with E-state index in [0.29, 0.717) is 12.6 Å². The molecular formula is C14H20N4OS. The van der Waals surface area contributed by atoms with Gasteiger partial charge in [0.1, 0.15) is 0 Å². The summed E-state index contributed by atoms with van der Waals surface area (Å²) in [6, 6.07) is 10.1. The lowest BCUT2D eigenvalue weighted by Gasteiger charge is -2.11. The zero-order valence-corrected chi connectivity index (χ0v) is 12.6. The highest BCUT2D eigenvalue weighted by molar-refractivity contribution is 7.84. The zero-order chi connectivity index (χ0) is 14.4. The van der Waals surface area contributed by atoms with Crippen LogP contribution >= 0.6 is 0 Å². The number of rotatable bonds is 7. The van der Waals surface area contributed by atoms with Crippen molar-refractivity contribution in [1.82, 2.24) is 20.3 Å². The fraction of sp³-hybridized carbons (Fsp3) is 0.429. The van der Waals surface area contributed by atoms with Gasteiger partial charge in [-0.15, -0.1) is 0 Å². The quantitative estimate of drug-likeness (QED) is 0.840. The molecule has 0 amide bonds. The molecule has 20 heavy (non-hydrogen) atoms. The van der Waals surface area contributed by atoms with Gasteiger partial charge in [-0.3, -0.25) is 4.21 Å². The summed E-state index contributed by atoms with van der Waals surface area (Å²) in [5.74, 6) is 0.727. The van der Waals surface area contributed by atoms with Gasteiger partial charge in [-0.05, 0) is 25.5 Å². The van der Waals surface area contributed by atoms with E-state index in [1.165, 1.54) is 0 Å². The van der Waals surface area contributed by atoms with Crippen LogP contribution in [0.4, 0.5) is 0 Å². The maximum atomic E-state index is 11.0. The minimum Gasteiger partial charge on any atom is -0.309 e. The molecule has 5 nitrogen and oxygen atoms in total. The average Bonchev–Trinajstić information content (AvgIpc) is 2.93.